The summed E-state index contributed by atoms with van der Waals surface area (Å²) in [6.07, 6.45) is 2.81. The number of carboxylic acid groups (broad SMARTS) is 1. The van der Waals surface area contributed by atoms with Crippen LogP contribution in [0, 0.1) is 0 Å². The predicted octanol–water partition coefficient (Wildman–Crippen LogP) is 8.71. The number of rotatable bonds is 7. The second-order valence-corrected chi connectivity index (χ2v) is 9.79. The Bertz CT molecular complexity index is 1380. The van der Waals surface area contributed by atoms with Gasteiger partial charge in [0.1, 0.15) is 0 Å². The molecule has 5 rings (SSSR count). The minimum Gasteiger partial charge on any atom is -0.478 e. The SMILES string of the molecule is O=C(O)/C=C/c1ccc(-c2ccc(-c3ccc(N(c4ccccc4)c4ccccc4)cc3)s2)s1. The molecule has 0 aliphatic carbocycles. The molecular formula is C29H21NO2S2. The predicted molar refractivity (Wildman–Crippen MR) is 144 cm³/mol. The van der Waals surface area contributed by atoms with Crippen LogP contribution in [0.15, 0.2) is 115 Å². The smallest absolute Gasteiger partial charge is 0.328 e. The summed E-state index contributed by atoms with van der Waals surface area (Å²) in [6, 6.07) is 37.7. The van der Waals surface area contributed by atoms with E-state index in [1.807, 2.05) is 24.3 Å². The first kappa shape index (κ1) is 21.9. The van der Waals surface area contributed by atoms with Crippen LogP contribution in [0.4, 0.5) is 17.1 Å². The van der Waals surface area contributed by atoms with Gasteiger partial charge < -0.3 is 10.0 Å². The number of carbonyl (C=O) groups is 1. The minimum absolute atomic E-state index is 0.929. The summed E-state index contributed by atoms with van der Waals surface area (Å²) in [6.45, 7) is 0. The molecule has 2 aromatic heterocycles. The average Bonchev–Trinajstić information content (AvgIpc) is 3.55. The fourth-order valence-corrected chi connectivity index (χ4v) is 5.74. The van der Waals surface area contributed by atoms with Crippen molar-refractivity contribution in [1.29, 1.82) is 0 Å². The van der Waals surface area contributed by atoms with Gasteiger partial charge in [0.2, 0.25) is 0 Å². The van der Waals surface area contributed by atoms with E-state index in [-0.39, 0.29) is 0 Å². The molecule has 0 radical (unpaired) electrons. The Hall–Kier alpha value is -3.93. The van der Waals surface area contributed by atoms with Gasteiger partial charge in [-0.15, -0.1) is 22.7 Å². The van der Waals surface area contributed by atoms with E-state index < -0.39 is 5.97 Å². The van der Waals surface area contributed by atoms with Crippen LogP contribution in [0.1, 0.15) is 4.88 Å². The van der Waals surface area contributed by atoms with Crippen molar-refractivity contribution in [3.63, 3.8) is 0 Å². The Morgan fingerprint density at radius 3 is 1.76 bits per heavy atom. The summed E-state index contributed by atoms with van der Waals surface area (Å²) >= 11 is 3.33. The van der Waals surface area contributed by atoms with Crippen LogP contribution in [-0.4, -0.2) is 11.1 Å². The number of thiophene rings is 2. The fourth-order valence-electron chi connectivity index (χ4n) is 3.73. The molecule has 1 N–H and O–H groups in total. The molecule has 0 spiro atoms. The second kappa shape index (κ2) is 9.91. The Morgan fingerprint density at radius 1 is 0.618 bits per heavy atom. The van der Waals surface area contributed by atoms with Crippen molar-refractivity contribution in [1.82, 2.24) is 0 Å². The Balaban J connectivity index is 1.41. The molecule has 3 aromatic carbocycles. The fraction of sp³-hybridized carbons (Fsp3) is 0. The lowest BCUT2D eigenvalue weighted by Crippen LogP contribution is -2.09. The van der Waals surface area contributed by atoms with Crippen LogP contribution in [0.5, 0.6) is 0 Å². The molecule has 0 unspecified atom stereocenters. The Kier molecular flexibility index (Phi) is 6.38. The lowest BCUT2D eigenvalue weighted by molar-refractivity contribution is -0.131. The summed E-state index contributed by atoms with van der Waals surface area (Å²) in [7, 11) is 0. The van der Waals surface area contributed by atoms with Crippen molar-refractivity contribution >= 4 is 51.8 Å². The largest absolute Gasteiger partial charge is 0.478 e. The van der Waals surface area contributed by atoms with Crippen LogP contribution in [0.2, 0.25) is 0 Å². The van der Waals surface area contributed by atoms with Crippen LogP contribution in [-0.2, 0) is 4.79 Å². The molecule has 166 valence electrons. The quantitative estimate of drug-likeness (QED) is 0.237. The molecule has 0 bridgehead atoms. The summed E-state index contributed by atoms with van der Waals surface area (Å²) in [5, 5.41) is 8.83. The zero-order valence-electron chi connectivity index (χ0n) is 18.2. The molecule has 0 aliphatic heterocycles. The van der Waals surface area contributed by atoms with Gasteiger partial charge in [0.25, 0.3) is 0 Å². The van der Waals surface area contributed by atoms with Gasteiger partial charge in [0.15, 0.2) is 0 Å². The van der Waals surface area contributed by atoms with Crippen molar-refractivity contribution < 1.29 is 9.90 Å². The molecule has 0 aliphatic rings. The van der Waals surface area contributed by atoms with Crippen molar-refractivity contribution in [2.45, 2.75) is 0 Å². The maximum absolute atomic E-state index is 10.8. The third kappa shape index (κ3) is 4.86. The van der Waals surface area contributed by atoms with Crippen molar-refractivity contribution in [3.8, 4) is 20.2 Å². The first-order valence-electron chi connectivity index (χ1n) is 10.8. The summed E-state index contributed by atoms with van der Waals surface area (Å²) in [4.78, 5) is 17.4. The van der Waals surface area contributed by atoms with Gasteiger partial charge in [0, 0.05) is 42.6 Å². The number of para-hydroxylation sites is 2. The molecular weight excluding hydrogens is 458 g/mol. The molecule has 0 atom stereocenters. The lowest BCUT2D eigenvalue weighted by atomic mass is 10.1. The molecule has 34 heavy (non-hydrogen) atoms. The van der Waals surface area contributed by atoms with Crippen LogP contribution in [0.25, 0.3) is 26.3 Å². The topological polar surface area (TPSA) is 40.5 Å². The Labute approximate surface area is 206 Å². The molecule has 2 heterocycles. The van der Waals surface area contributed by atoms with Crippen LogP contribution in [0.3, 0.4) is 0 Å². The third-order valence-corrected chi connectivity index (χ3v) is 7.69. The van der Waals surface area contributed by atoms with E-state index in [1.165, 1.54) is 21.4 Å². The van der Waals surface area contributed by atoms with E-state index in [4.69, 9.17) is 5.11 Å². The van der Waals surface area contributed by atoms with Crippen molar-refractivity contribution in [2.24, 2.45) is 0 Å². The highest BCUT2D eigenvalue weighted by Crippen LogP contribution is 2.40. The zero-order valence-corrected chi connectivity index (χ0v) is 19.8. The van der Waals surface area contributed by atoms with Gasteiger partial charge in [-0.2, -0.15) is 0 Å². The van der Waals surface area contributed by atoms with E-state index in [0.29, 0.717) is 0 Å². The summed E-state index contributed by atoms with van der Waals surface area (Å²) in [5.41, 5.74) is 4.50. The highest BCUT2D eigenvalue weighted by Gasteiger charge is 2.13. The van der Waals surface area contributed by atoms with E-state index in [0.717, 1.165) is 26.8 Å². The molecule has 3 nitrogen and oxygen atoms in total. The molecule has 5 heteroatoms. The maximum atomic E-state index is 10.8. The number of hydrogen-bond donors (Lipinski definition) is 1. The van der Waals surface area contributed by atoms with E-state index in [9.17, 15) is 4.79 Å². The maximum Gasteiger partial charge on any atom is 0.328 e. The van der Waals surface area contributed by atoms with Gasteiger partial charge in [-0.05, 0) is 72.3 Å². The number of anilines is 3. The van der Waals surface area contributed by atoms with Crippen molar-refractivity contribution in [2.75, 3.05) is 4.90 Å². The molecule has 0 fully saturated rings. The van der Waals surface area contributed by atoms with Gasteiger partial charge in [0.05, 0.1) is 0 Å². The first-order valence-corrected chi connectivity index (χ1v) is 12.4. The van der Waals surface area contributed by atoms with Crippen molar-refractivity contribution in [3.05, 3.63) is 120 Å². The third-order valence-electron chi connectivity index (χ3n) is 5.30. The average molecular weight is 480 g/mol. The van der Waals surface area contributed by atoms with Gasteiger partial charge in [-0.3, -0.25) is 0 Å². The van der Waals surface area contributed by atoms with E-state index in [1.54, 1.807) is 28.7 Å². The standard InChI is InChI=1S/C29H21NO2S2/c31-29(32)20-16-25-15-17-27(33-25)28-19-18-26(34-28)21-11-13-24(14-12-21)30(22-7-3-1-4-8-22)23-9-5-2-6-10-23/h1-20H,(H,31,32)/b20-16+. The van der Waals surface area contributed by atoms with Crippen LogP contribution >= 0.6 is 22.7 Å². The summed E-state index contributed by atoms with van der Waals surface area (Å²) in [5.74, 6) is -0.935. The van der Waals surface area contributed by atoms with Crippen LogP contribution < -0.4 is 4.90 Å². The molecule has 0 saturated carbocycles. The summed E-state index contributed by atoms with van der Waals surface area (Å²) < 4.78 is 0. The van der Waals surface area contributed by atoms with Gasteiger partial charge in [-0.25, -0.2) is 4.79 Å². The van der Waals surface area contributed by atoms with Gasteiger partial charge >= 0.3 is 5.97 Å². The number of aliphatic carboxylic acids is 1. The number of nitrogens with zero attached hydrogens (tertiary/aromatic N) is 1. The first-order chi connectivity index (χ1) is 16.7. The van der Waals surface area contributed by atoms with E-state index >= 15 is 0 Å². The molecule has 0 amide bonds. The zero-order chi connectivity index (χ0) is 23.3. The molecule has 5 aromatic rings. The number of benzene rings is 3. The van der Waals surface area contributed by atoms with Gasteiger partial charge in [-0.1, -0.05) is 48.5 Å². The lowest BCUT2D eigenvalue weighted by Gasteiger charge is -2.25. The normalized spacial score (nSPS) is 11.1. The van der Waals surface area contributed by atoms with E-state index in [2.05, 4.69) is 89.8 Å². The number of hydrogen-bond acceptors (Lipinski definition) is 4. The minimum atomic E-state index is -0.935. The molecule has 0 saturated heterocycles. The highest BCUT2D eigenvalue weighted by molar-refractivity contribution is 7.24. The monoisotopic (exact) mass is 479 g/mol. The Morgan fingerprint density at radius 2 is 1.15 bits per heavy atom. The highest BCUT2D eigenvalue weighted by atomic mass is 32.1. The second-order valence-electron chi connectivity index (χ2n) is 7.59. The number of carboxylic acids is 1.